The number of benzene rings is 2. The Kier molecular flexibility index (Phi) is 7.76. The van der Waals surface area contributed by atoms with Crippen LogP contribution in [0.15, 0.2) is 72.1 Å². The summed E-state index contributed by atoms with van der Waals surface area (Å²) in [5.41, 5.74) is 2.07. The SMILES string of the molecule is C=CCOC(=O)N[C@@H](Cc1ccc(SCc2ccccc2)cc1)C(=O)O. The van der Waals surface area contributed by atoms with E-state index in [2.05, 4.69) is 24.0 Å². The van der Waals surface area contributed by atoms with Crippen LogP contribution in [-0.2, 0) is 21.7 Å². The van der Waals surface area contributed by atoms with Crippen LogP contribution in [-0.4, -0.2) is 29.8 Å². The van der Waals surface area contributed by atoms with E-state index in [-0.39, 0.29) is 13.0 Å². The Morgan fingerprint density at radius 1 is 1.12 bits per heavy atom. The topological polar surface area (TPSA) is 75.6 Å². The number of alkyl carbamates (subject to hydrolysis) is 1. The zero-order valence-corrected chi connectivity index (χ0v) is 15.1. The van der Waals surface area contributed by atoms with E-state index in [1.807, 2.05) is 42.5 Å². The van der Waals surface area contributed by atoms with E-state index in [4.69, 9.17) is 4.74 Å². The molecular formula is C20H21NO4S. The van der Waals surface area contributed by atoms with Crippen molar-refractivity contribution in [3.8, 4) is 0 Å². The van der Waals surface area contributed by atoms with E-state index < -0.39 is 18.1 Å². The van der Waals surface area contributed by atoms with Crippen LogP contribution in [0.4, 0.5) is 4.79 Å². The Hall–Kier alpha value is -2.73. The van der Waals surface area contributed by atoms with Crippen LogP contribution in [0.2, 0.25) is 0 Å². The maximum atomic E-state index is 11.5. The summed E-state index contributed by atoms with van der Waals surface area (Å²) in [4.78, 5) is 24.0. The number of carboxylic acids is 1. The second kappa shape index (κ2) is 10.3. The minimum Gasteiger partial charge on any atom is -0.480 e. The van der Waals surface area contributed by atoms with Crippen molar-refractivity contribution < 1.29 is 19.4 Å². The average Bonchev–Trinajstić information content (AvgIpc) is 2.66. The molecule has 0 unspecified atom stereocenters. The van der Waals surface area contributed by atoms with Crippen LogP contribution in [0.1, 0.15) is 11.1 Å². The lowest BCUT2D eigenvalue weighted by Gasteiger charge is -2.14. The van der Waals surface area contributed by atoms with Crippen molar-refractivity contribution in [2.24, 2.45) is 0 Å². The molecule has 2 rings (SSSR count). The number of hydrogen-bond acceptors (Lipinski definition) is 4. The minimum atomic E-state index is -1.11. The van der Waals surface area contributed by atoms with Gasteiger partial charge in [0.25, 0.3) is 0 Å². The van der Waals surface area contributed by atoms with E-state index in [0.717, 1.165) is 16.2 Å². The van der Waals surface area contributed by atoms with Gasteiger partial charge in [-0.3, -0.25) is 0 Å². The highest BCUT2D eigenvalue weighted by Crippen LogP contribution is 2.23. The summed E-state index contributed by atoms with van der Waals surface area (Å²) in [6.07, 6.45) is 0.830. The third kappa shape index (κ3) is 6.64. The van der Waals surface area contributed by atoms with Crippen molar-refractivity contribution in [2.45, 2.75) is 23.1 Å². The third-order valence-electron chi connectivity index (χ3n) is 3.53. The van der Waals surface area contributed by atoms with Gasteiger partial charge in [-0.05, 0) is 23.3 Å². The van der Waals surface area contributed by atoms with Gasteiger partial charge in [0.2, 0.25) is 0 Å². The third-order valence-corrected chi connectivity index (χ3v) is 4.62. The van der Waals surface area contributed by atoms with Crippen LogP contribution >= 0.6 is 11.8 Å². The van der Waals surface area contributed by atoms with Crippen molar-refractivity contribution in [2.75, 3.05) is 6.61 Å². The molecule has 26 heavy (non-hydrogen) atoms. The molecule has 0 aromatic heterocycles. The zero-order valence-electron chi connectivity index (χ0n) is 14.3. The van der Waals surface area contributed by atoms with Gasteiger partial charge in [0.05, 0.1) is 0 Å². The van der Waals surface area contributed by atoms with Gasteiger partial charge in [-0.2, -0.15) is 0 Å². The second-order valence-electron chi connectivity index (χ2n) is 5.54. The molecule has 2 N–H and O–H groups in total. The molecule has 0 heterocycles. The molecule has 0 saturated heterocycles. The molecule has 0 spiro atoms. The van der Waals surface area contributed by atoms with E-state index in [0.29, 0.717) is 0 Å². The van der Waals surface area contributed by atoms with Crippen LogP contribution in [0.3, 0.4) is 0 Å². The average molecular weight is 371 g/mol. The molecule has 0 fully saturated rings. The van der Waals surface area contributed by atoms with E-state index in [9.17, 15) is 14.7 Å². The predicted octanol–water partition coefficient (Wildman–Crippen LogP) is 3.89. The van der Waals surface area contributed by atoms with Crippen molar-refractivity contribution in [1.29, 1.82) is 0 Å². The number of nitrogens with one attached hydrogen (secondary N) is 1. The molecule has 6 heteroatoms. The molecular weight excluding hydrogens is 350 g/mol. The lowest BCUT2D eigenvalue weighted by Crippen LogP contribution is -2.42. The Bertz CT molecular complexity index is 731. The molecule has 0 aliphatic heterocycles. The lowest BCUT2D eigenvalue weighted by atomic mass is 10.1. The number of amides is 1. The van der Waals surface area contributed by atoms with Gasteiger partial charge in [-0.25, -0.2) is 9.59 Å². The first-order valence-corrected chi connectivity index (χ1v) is 9.09. The summed E-state index contributed by atoms with van der Waals surface area (Å²) < 4.78 is 4.77. The van der Waals surface area contributed by atoms with Crippen molar-refractivity contribution in [1.82, 2.24) is 5.32 Å². The minimum absolute atomic E-state index is 0.0332. The highest BCUT2D eigenvalue weighted by molar-refractivity contribution is 7.98. The fourth-order valence-corrected chi connectivity index (χ4v) is 3.07. The lowest BCUT2D eigenvalue weighted by molar-refractivity contribution is -0.139. The molecule has 5 nitrogen and oxygen atoms in total. The molecule has 2 aromatic rings. The van der Waals surface area contributed by atoms with E-state index >= 15 is 0 Å². The number of rotatable bonds is 9. The van der Waals surface area contributed by atoms with Crippen molar-refractivity contribution in [3.63, 3.8) is 0 Å². The van der Waals surface area contributed by atoms with Crippen molar-refractivity contribution >= 4 is 23.8 Å². The maximum Gasteiger partial charge on any atom is 0.408 e. The zero-order chi connectivity index (χ0) is 18.8. The number of carbonyl (C=O) groups is 2. The predicted molar refractivity (Wildman–Crippen MR) is 102 cm³/mol. The van der Waals surface area contributed by atoms with Crippen LogP contribution in [0, 0.1) is 0 Å². The molecule has 0 aliphatic carbocycles. The normalized spacial score (nSPS) is 11.4. The summed E-state index contributed by atoms with van der Waals surface area (Å²) >= 11 is 1.71. The second-order valence-corrected chi connectivity index (χ2v) is 6.59. The van der Waals surface area contributed by atoms with Gasteiger partial charge in [0, 0.05) is 17.1 Å². The van der Waals surface area contributed by atoms with Gasteiger partial charge in [-0.15, -0.1) is 11.8 Å². The number of hydrogen-bond donors (Lipinski definition) is 2. The number of aliphatic carboxylic acids is 1. The van der Waals surface area contributed by atoms with E-state index in [1.165, 1.54) is 11.6 Å². The first kappa shape index (κ1) is 19.6. The molecule has 0 radical (unpaired) electrons. The van der Waals surface area contributed by atoms with Crippen LogP contribution in [0.25, 0.3) is 0 Å². The van der Waals surface area contributed by atoms with Gasteiger partial charge in [0.1, 0.15) is 12.6 Å². The molecule has 2 aromatic carbocycles. The van der Waals surface area contributed by atoms with Crippen LogP contribution < -0.4 is 5.32 Å². The molecule has 0 aliphatic rings. The first-order chi connectivity index (χ1) is 12.6. The standard InChI is InChI=1S/C20H21NO4S/c1-2-12-25-20(24)21-18(19(22)23)13-15-8-10-17(11-9-15)26-14-16-6-4-3-5-7-16/h2-11,18H,1,12-14H2,(H,21,24)(H,22,23)/t18-/m0/s1. The molecule has 1 amide bonds. The maximum absolute atomic E-state index is 11.5. The summed E-state index contributed by atoms with van der Waals surface area (Å²) in [6, 6.07) is 16.8. The molecule has 1 atom stereocenters. The Morgan fingerprint density at radius 2 is 1.81 bits per heavy atom. The molecule has 136 valence electrons. The van der Waals surface area contributed by atoms with Crippen molar-refractivity contribution in [3.05, 3.63) is 78.4 Å². The summed E-state index contributed by atoms with van der Waals surface area (Å²) in [6.45, 7) is 3.47. The first-order valence-electron chi connectivity index (χ1n) is 8.11. The number of ether oxygens (including phenoxy) is 1. The summed E-state index contributed by atoms with van der Waals surface area (Å²) in [7, 11) is 0. The van der Waals surface area contributed by atoms with Gasteiger partial charge in [-0.1, -0.05) is 55.1 Å². The Morgan fingerprint density at radius 3 is 2.42 bits per heavy atom. The molecule has 0 saturated carbocycles. The largest absolute Gasteiger partial charge is 0.480 e. The fraction of sp³-hybridized carbons (Fsp3) is 0.200. The number of thioether (sulfide) groups is 1. The molecule has 0 bridgehead atoms. The smallest absolute Gasteiger partial charge is 0.408 e. The van der Waals surface area contributed by atoms with Gasteiger partial charge in [0.15, 0.2) is 0 Å². The highest BCUT2D eigenvalue weighted by Gasteiger charge is 2.21. The highest BCUT2D eigenvalue weighted by atomic mass is 32.2. The Balaban J connectivity index is 1.90. The quantitative estimate of drug-likeness (QED) is 0.517. The number of carbonyl (C=O) groups excluding carboxylic acids is 1. The van der Waals surface area contributed by atoms with E-state index in [1.54, 1.807) is 11.8 Å². The summed E-state index contributed by atoms with van der Waals surface area (Å²) in [5, 5.41) is 11.6. The monoisotopic (exact) mass is 371 g/mol. The Labute approximate surface area is 157 Å². The van der Waals surface area contributed by atoms with Crippen LogP contribution in [0.5, 0.6) is 0 Å². The summed E-state index contributed by atoms with van der Waals surface area (Å²) in [5.74, 6) is -0.239. The fourth-order valence-electron chi connectivity index (χ4n) is 2.22. The van der Waals surface area contributed by atoms with Gasteiger partial charge >= 0.3 is 12.1 Å². The number of carboxylic acid groups (broad SMARTS) is 1. The van der Waals surface area contributed by atoms with Gasteiger partial charge < -0.3 is 15.2 Å².